The van der Waals surface area contributed by atoms with Crippen LogP contribution >= 0.6 is 23.2 Å². The number of hydrogen-bond donors (Lipinski definition) is 2. The molecule has 0 saturated carbocycles. The van der Waals surface area contributed by atoms with Crippen molar-refractivity contribution in [1.29, 1.82) is 0 Å². The Morgan fingerprint density at radius 1 is 1.10 bits per heavy atom. The standard InChI is InChI=1S/C16H13Cl2NO2/c17-14-2-1-3-15(18)13(14)8-9-16(21)19-12-6-4-11(10-20)5-7-12/h1-9,20H,10H2,(H,19,21). The van der Waals surface area contributed by atoms with Crippen molar-refractivity contribution >= 4 is 40.9 Å². The molecule has 0 fully saturated rings. The van der Waals surface area contributed by atoms with Gasteiger partial charge in [0.15, 0.2) is 0 Å². The number of carbonyl (C=O) groups is 1. The average molecular weight is 322 g/mol. The van der Waals surface area contributed by atoms with Gasteiger partial charge in [-0.25, -0.2) is 0 Å². The van der Waals surface area contributed by atoms with E-state index in [2.05, 4.69) is 5.32 Å². The molecule has 0 aromatic heterocycles. The van der Waals surface area contributed by atoms with E-state index < -0.39 is 0 Å². The third-order valence-electron chi connectivity index (χ3n) is 2.81. The maximum Gasteiger partial charge on any atom is 0.248 e. The van der Waals surface area contributed by atoms with Crippen LogP contribution in [-0.2, 0) is 11.4 Å². The van der Waals surface area contributed by atoms with Crippen LogP contribution < -0.4 is 5.32 Å². The number of rotatable bonds is 4. The van der Waals surface area contributed by atoms with Gasteiger partial charge in [0.25, 0.3) is 0 Å². The van der Waals surface area contributed by atoms with E-state index in [0.29, 0.717) is 21.3 Å². The van der Waals surface area contributed by atoms with Crippen LogP contribution in [0.5, 0.6) is 0 Å². The zero-order valence-electron chi connectivity index (χ0n) is 11.0. The highest BCUT2D eigenvalue weighted by Gasteiger charge is 2.03. The summed E-state index contributed by atoms with van der Waals surface area (Å²) in [5.41, 5.74) is 2.03. The fourth-order valence-corrected chi connectivity index (χ4v) is 2.23. The first-order valence-corrected chi connectivity index (χ1v) is 6.98. The first-order valence-electron chi connectivity index (χ1n) is 6.23. The number of carbonyl (C=O) groups excluding carboxylic acids is 1. The summed E-state index contributed by atoms with van der Waals surface area (Å²) in [7, 11) is 0. The first-order chi connectivity index (χ1) is 10.1. The highest BCUT2D eigenvalue weighted by molar-refractivity contribution is 6.37. The number of halogens is 2. The smallest absolute Gasteiger partial charge is 0.248 e. The molecular weight excluding hydrogens is 309 g/mol. The van der Waals surface area contributed by atoms with E-state index in [1.165, 1.54) is 6.08 Å². The molecule has 5 heteroatoms. The molecule has 0 heterocycles. The van der Waals surface area contributed by atoms with Gasteiger partial charge in [-0.05, 0) is 35.9 Å². The fourth-order valence-electron chi connectivity index (χ4n) is 1.71. The number of hydrogen-bond acceptors (Lipinski definition) is 2. The number of aliphatic hydroxyl groups excluding tert-OH is 1. The molecule has 0 spiro atoms. The van der Waals surface area contributed by atoms with E-state index in [9.17, 15) is 4.79 Å². The van der Waals surface area contributed by atoms with Crippen LogP contribution in [-0.4, -0.2) is 11.0 Å². The Morgan fingerprint density at radius 2 is 1.71 bits per heavy atom. The van der Waals surface area contributed by atoms with Crippen LogP contribution in [0.25, 0.3) is 6.08 Å². The largest absolute Gasteiger partial charge is 0.392 e. The van der Waals surface area contributed by atoms with Gasteiger partial charge in [0.05, 0.1) is 6.61 Å². The number of amides is 1. The van der Waals surface area contributed by atoms with Gasteiger partial charge in [-0.15, -0.1) is 0 Å². The second-order valence-electron chi connectivity index (χ2n) is 4.31. The summed E-state index contributed by atoms with van der Waals surface area (Å²) in [5.74, 6) is -0.289. The van der Waals surface area contributed by atoms with Crippen molar-refractivity contribution < 1.29 is 9.90 Å². The SMILES string of the molecule is O=C(C=Cc1c(Cl)cccc1Cl)Nc1ccc(CO)cc1. The second-order valence-corrected chi connectivity index (χ2v) is 5.13. The summed E-state index contributed by atoms with van der Waals surface area (Å²) < 4.78 is 0. The topological polar surface area (TPSA) is 49.3 Å². The Labute approximate surface area is 132 Å². The van der Waals surface area contributed by atoms with Crippen molar-refractivity contribution in [3.63, 3.8) is 0 Å². The fraction of sp³-hybridized carbons (Fsp3) is 0.0625. The van der Waals surface area contributed by atoms with E-state index >= 15 is 0 Å². The summed E-state index contributed by atoms with van der Waals surface area (Å²) in [5, 5.41) is 12.6. The van der Waals surface area contributed by atoms with Crippen LogP contribution in [0.15, 0.2) is 48.5 Å². The molecule has 2 rings (SSSR count). The van der Waals surface area contributed by atoms with Gasteiger partial charge in [-0.3, -0.25) is 4.79 Å². The summed E-state index contributed by atoms with van der Waals surface area (Å²) in [4.78, 5) is 11.8. The molecule has 0 aliphatic carbocycles. The van der Waals surface area contributed by atoms with Crippen molar-refractivity contribution in [2.75, 3.05) is 5.32 Å². The molecule has 1 amide bonds. The van der Waals surface area contributed by atoms with Crippen molar-refractivity contribution in [2.24, 2.45) is 0 Å². The summed E-state index contributed by atoms with van der Waals surface area (Å²) in [6.45, 7) is -0.0286. The lowest BCUT2D eigenvalue weighted by atomic mass is 10.2. The van der Waals surface area contributed by atoms with Gasteiger partial charge in [0.1, 0.15) is 0 Å². The van der Waals surface area contributed by atoms with Crippen molar-refractivity contribution in [3.8, 4) is 0 Å². The lowest BCUT2D eigenvalue weighted by Gasteiger charge is -2.04. The first kappa shape index (κ1) is 15.6. The summed E-state index contributed by atoms with van der Waals surface area (Å²) in [6.07, 6.45) is 2.94. The Balaban J connectivity index is 2.05. The zero-order chi connectivity index (χ0) is 15.2. The molecular formula is C16H13Cl2NO2. The Hall–Kier alpha value is -1.81. The molecule has 0 atom stereocenters. The minimum atomic E-state index is -0.289. The monoisotopic (exact) mass is 321 g/mol. The predicted molar refractivity (Wildman–Crippen MR) is 86.5 cm³/mol. The zero-order valence-corrected chi connectivity index (χ0v) is 12.5. The van der Waals surface area contributed by atoms with Gasteiger partial charge in [0, 0.05) is 27.4 Å². The minimum Gasteiger partial charge on any atom is -0.392 e. The lowest BCUT2D eigenvalue weighted by Crippen LogP contribution is -2.07. The van der Waals surface area contributed by atoms with Crippen LogP contribution in [0.3, 0.4) is 0 Å². The summed E-state index contributed by atoms with van der Waals surface area (Å²) >= 11 is 12.0. The van der Waals surface area contributed by atoms with Crippen LogP contribution in [0, 0.1) is 0 Å². The molecule has 0 aliphatic rings. The van der Waals surface area contributed by atoms with Crippen molar-refractivity contribution in [2.45, 2.75) is 6.61 Å². The molecule has 21 heavy (non-hydrogen) atoms. The van der Waals surface area contributed by atoms with Crippen molar-refractivity contribution in [3.05, 3.63) is 69.7 Å². The molecule has 108 valence electrons. The molecule has 2 N–H and O–H groups in total. The normalized spacial score (nSPS) is 10.8. The summed E-state index contributed by atoms with van der Waals surface area (Å²) in [6, 6.07) is 12.1. The molecule has 0 unspecified atom stereocenters. The van der Waals surface area contributed by atoms with E-state index in [0.717, 1.165) is 5.56 Å². The van der Waals surface area contributed by atoms with Crippen LogP contribution in [0.2, 0.25) is 10.0 Å². The number of benzene rings is 2. The third kappa shape index (κ3) is 4.33. The molecule has 0 radical (unpaired) electrons. The highest BCUT2D eigenvalue weighted by Crippen LogP contribution is 2.25. The number of aliphatic hydroxyl groups is 1. The van der Waals surface area contributed by atoms with E-state index in [1.54, 1.807) is 48.5 Å². The Kier molecular flexibility index (Phi) is 5.39. The quantitative estimate of drug-likeness (QED) is 0.831. The molecule has 2 aromatic rings. The molecule has 0 aliphatic heterocycles. The highest BCUT2D eigenvalue weighted by atomic mass is 35.5. The maximum absolute atomic E-state index is 11.8. The van der Waals surface area contributed by atoms with E-state index in [1.807, 2.05) is 0 Å². The maximum atomic E-state index is 11.8. The Morgan fingerprint density at radius 3 is 2.29 bits per heavy atom. The molecule has 0 bridgehead atoms. The lowest BCUT2D eigenvalue weighted by molar-refractivity contribution is -0.111. The average Bonchev–Trinajstić information content (AvgIpc) is 2.47. The minimum absolute atomic E-state index is 0.0286. The second kappa shape index (κ2) is 7.27. The van der Waals surface area contributed by atoms with Gasteiger partial charge in [-0.1, -0.05) is 41.4 Å². The van der Waals surface area contributed by atoms with Gasteiger partial charge in [-0.2, -0.15) is 0 Å². The van der Waals surface area contributed by atoms with Gasteiger partial charge in [0.2, 0.25) is 5.91 Å². The molecule has 3 nitrogen and oxygen atoms in total. The van der Waals surface area contributed by atoms with E-state index in [-0.39, 0.29) is 12.5 Å². The van der Waals surface area contributed by atoms with Gasteiger partial charge >= 0.3 is 0 Å². The van der Waals surface area contributed by atoms with Crippen LogP contribution in [0.4, 0.5) is 5.69 Å². The molecule has 0 saturated heterocycles. The third-order valence-corrected chi connectivity index (χ3v) is 3.46. The van der Waals surface area contributed by atoms with Crippen LogP contribution in [0.1, 0.15) is 11.1 Å². The predicted octanol–water partition coefficient (Wildman–Crippen LogP) is 4.14. The number of nitrogens with one attached hydrogen (secondary N) is 1. The number of anilines is 1. The molecule has 2 aromatic carbocycles. The Bertz CT molecular complexity index is 646. The van der Waals surface area contributed by atoms with E-state index in [4.69, 9.17) is 28.3 Å². The van der Waals surface area contributed by atoms with Crippen molar-refractivity contribution in [1.82, 2.24) is 0 Å². The van der Waals surface area contributed by atoms with Gasteiger partial charge < -0.3 is 10.4 Å².